The van der Waals surface area contributed by atoms with Crippen LogP contribution in [-0.2, 0) is 0 Å². The Bertz CT molecular complexity index is 1080. The number of thiophene rings is 1. The van der Waals surface area contributed by atoms with Crippen molar-refractivity contribution in [1.82, 2.24) is 9.38 Å². The van der Waals surface area contributed by atoms with Gasteiger partial charge in [-0.05, 0) is 35.7 Å². The van der Waals surface area contributed by atoms with Gasteiger partial charge in [0.2, 0.25) is 6.79 Å². The van der Waals surface area contributed by atoms with E-state index in [0.717, 1.165) is 39.2 Å². The van der Waals surface area contributed by atoms with Crippen molar-refractivity contribution in [1.29, 1.82) is 0 Å². The van der Waals surface area contributed by atoms with Crippen LogP contribution in [0.25, 0.3) is 16.2 Å². The van der Waals surface area contributed by atoms with E-state index in [2.05, 4.69) is 11.4 Å². The van der Waals surface area contributed by atoms with Gasteiger partial charge in [-0.3, -0.25) is 4.40 Å². The number of nitrogens with one attached hydrogen (secondary N) is 1. The monoisotopic (exact) mass is 369 g/mol. The number of pyridine rings is 1. The molecule has 1 aliphatic heterocycles. The predicted molar refractivity (Wildman–Crippen MR) is 99.4 cm³/mol. The summed E-state index contributed by atoms with van der Waals surface area (Å²) in [7, 11) is 0. The number of nitrogens with zero attached hydrogens (tertiary/aromatic N) is 2. The van der Waals surface area contributed by atoms with E-state index in [4.69, 9.17) is 26.1 Å². The average molecular weight is 370 g/mol. The Labute approximate surface area is 152 Å². The number of hydrogen-bond acceptors (Lipinski definition) is 5. The molecule has 4 aromatic rings. The quantitative estimate of drug-likeness (QED) is 0.540. The molecule has 1 N–H and O–H groups in total. The molecule has 1 aromatic carbocycles. The highest BCUT2D eigenvalue weighted by atomic mass is 35.5. The van der Waals surface area contributed by atoms with Crippen LogP contribution in [0.5, 0.6) is 11.5 Å². The lowest BCUT2D eigenvalue weighted by Gasteiger charge is -2.09. The first-order chi connectivity index (χ1) is 12.3. The van der Waals surface area contributed by atoms with Gasteiger partial charge in [0, 0.05) is 18.0 Å². The SMILES string of the molecule is Clc1ccc2nc(-c3cccs3)c(Nc3ccc4c(c3)OCO4)n2c1. The van der Waals surface area contributed by atoms with E-state index in [1.807, 2.05) is 52.4 Å². The first kappa shape index (κ1) is 14.6. The molecule has 0 aliphatic carbocycles. The van der Waals surface area contributed by atoms with E-state index in [9.17, 15) is 0 Å². The van der Waals surface area contributed by atoms with Crippen LogP contribution in [0.15, 0.2) is 54.0 Å². The van der Waals surface area contributed by atoms with E-state index in [0.29, 0.717) is 5.02 Å². The molecule has 1 aliphatic rings. The van der Waals surface area contributed by atoms with E-state index in [1.54, 1.807) is 11.3 Å². The number of imidazole rings is 1. The van der Waals surface area contributed by atoms with Crippen LogP contribution < -0.4 is 14.8 Å². The van der Waals surface area contributed by atoms with Gasteiger partial charge >= 0.3 is 0 Å². The Morgan fingerprint density at radius 2 is 2.04 bits per heavy atom. The minimum Gasteiger partial charge on any atom is -0.454 e. The molecular weight excluding hydrogens is 358 g/mol. The molecule has 0 atom stereocenters. The van der Waals surface area contributed by atoms with Crippen LogP contribution >= 0.6 is 22.9 Å². The molecule has 5 rings (SSSR count). The zero-order valence-corrected chi connectivity index (χ0v) is 14.5. The van der Waals surface area contributed by atoms with Gasteiger partial charge in [0.15, 0.2) is 11.5 Å². The first-order valence-electron chi connectivity index (χ1n) is 7.66. The fourth-order valence-corrected chi connectivity index (χ4v) is 3.71. The minimum absolute atomic E-state index is 0.254. The lowest BCUT2D eigenvalue weighted by atomic mass is 10.2. The van der Waals surface area contributed by atoms with Gasteiger partial charge < -0.3 is 14.8 Å². The standard InChI is InChI=1S/C18H12ClN3O2S/c19-11-3-6-16-21-17(15-2-1-7-25-15)18(22(16)9-11)20-12-4-5-13-14(8-12)24-10-23-13/h1-9,20H,10H2. The van der Waals surface area contributed by atoms with Gasteiger partial charge in [-0.15, -0.1) is 11.3 Å². The average Bonchev–Trinajstić information content (AvgIpc) is 3.34. The van der Waals surface area contributed by atoms with Crippen LogP contribution in [0.1, 0.15) is 0 Å². The summed E-state index contributed by atoms with van der Waals surface area (Å²) in [6.45, 7) is 0.254. The normalized spacial score (nSPS) is 12.7. The Morgan fingerprint density at radius 1 is 1.12 bits per heavy atom. The van der Waals surface area contributed by atoms with Crippen LogP contribution in [0, 0.1) is 0 Å². The molecule has 0 amide bonds. The van der Waals surface area contributed by atoms with Crippen molar-refractivity contribution in [3.63, 3.8) is 0 Å². The van der Waals surface area contributed by atoms with Crippen LogP contribution in [0.2, 0.25) is 5.02 Å². The van der Waals surface area contributed by atoms with Gasteiger partial charge in [-0.25, -0.2) is 4.98 Å². The second-order valence-corrected chi connectivity index (χ2v) is 6.94. The van der Waals surface area contributed by atoms with Crippen molar-refractivity contribution < 1.29 is 9.47 Å². The molecule has 25 heavy (non-hydrogen) atoms. The fourth-order valence-electron chi connectivity index (χ4n) is 2.83. The molecule has 4 heterocycles. The van der Waals surface area contributed by atoms with Gasteiger partial charge in [0.1, 0.15) is 17.2 Å². The van der Waals surface area contributed by atoms with Crippen molar-refractivity contribution in [3.05, 3.63) is 59.1 Å². The minimum atomic E-state index is 0.254. The molecule has 0 bridgehead atoms. The van der Waals surface area contributed by atoms with Crippen LogP contribution in [0.3, 0.4) is 0 Å². The maximum atomic E-state index is 6.19. The van der Waals surface area contributed by atoms with Crippen molar-refractivity contribution in [2.24, 2.45) is 0 Å². The summed E-state index contributed by atoms with van der Waals surface area (Å²) in [6.07, 6.45) is 1.86. The van der Waals surface area contributed by atoms with Crippen LogP contribution in [-0.4, -0.2) is 16.2 Å². The number of fused-ring (bicyclic) bond motifs is 2. The van der Waals surface area contributed by atoms with Crippen molar-refractivity contribution in [2.45, 2.75) is 0 Å². The highest BCUT2D eigenvalue weighted by molar-refractivity contribution is 7.13. The van der Waals surface area contributed by atoms with Crippen molar-refractivity contribution >= 4 is 40.1 Å². The summed E-state index contributed by atoms with van der Waals surface area (Å²) < 4.78 is 12.8. The second-order valence-electron chi connectivity index (χ2n) is 5.55. The lowest BCUT2D eigenvalue weighted by molar-refractivity contribution is 0.174. The molecular formula is C18H12ClN3O2S. The summed E-state index contributed by atoms with van der Waals surface area (Å²) in [4.78, 5) is 5.85. The maximum absolute atomic E-state index is 6.19. The maximum Gasteiger partial charge on any atom is 0.231 e. The highest BCUT2D eigenvalue weighted by Crippen LogP contribution is 2.38. The highest BCUT2D eigenvalue weighted by Gasteiger charge is 2.18. The Balaban J connectivity index is 1.66. The number of benzene rings is 1. The molecule has 3 aromatic heterocycles. The third kappa shape index (κ3) is 2.50. The Morgan fingerprint density at radius 3 is 2.92 bits per heavy atom. The molecule has 7 heteroatoms. The summed E-state index contributed by atoms with van der Waals surface area (Å²) in [5.74, 6) is 2.35. The van der Waals surface area contributed by atoms with Crippen molar-refractivity contribution in [2.75, 3.05) is 12.1 Å². The third-order valence-electron chi connectivity index (χ3n) is 3.97. The molecule has 0 fully saturated rings. The first-order valence-corrected chi connectivity index (χ1v) is 8.92. The molecule has 124 valence electrons. The largest absolute Gasteiger partial charge is 0.454 e. The zero-order chi connectivity index (χ0) is 16.8. The summed E-state index contributed by atoms with van der Waals surface area (Å²) >= 11 is 7.84. The van der Waals surface area contributed by atoms with E-state index >= 15 is 0 Å². The molecule has 5 nitrogen and oxygen atoms in total. The molecule has 0 spiro atoms. The molecule has 0 saturated carbocycles. The smallest absolute Gasteiger partial charge is 0.231 e. The third-order valence-corrected chi connectivity index (χ3v) is 5.07. The summed E-state index contributed by atoms with van der Waals surface area (Å²) in [6, 6.07) is 13.6. The van der Waals surface area contributed by atoms with E-state index in [-0.39, 0.29) is 6.79 Å². The summed E-state index contributed by atoms with van der Waals surface area (Å²) in [5, 5.41) is 6.14. The van der Waals surface area contributed by atoms with Gasteiger partial charge in [-0.1, -0.05) is 17.7 Å². The van der Waals surface area contributed by atoms with Crippen molar-refractivity contribution in [3.8, 4) is 22.1 Å². The molecule has 0 radical (unpaired) electrons. The zero-order valence-electron chi connectivity index (χ0n) is 12.9. The molecule has 0 unspecified atom stereocenters. The number of rotatable bonds is 3. The number of ether oxygens (including phenoxy) is 2. The number of halogens is 1. The Kier molecular flexibility index (Phi) is 3.33. The van der Waals surface area contributed by atoms with Gasteiger partial charge in [0.25, 0.3) is 0 Å². The predicted octanol–water partition coefficient (Wildman–Crippen LogP) is 5.19. The summed E-state index contributed by atoms with van der Waals surface area (Å²) in [5.41, 5.74) is 2.61. The lowest BCUT2D eigenvalue weighted by Crippen LogP contribution is -1.96. The van der Waals surface area contributed by atoms with Gasteiger partial charge in [0.05, 0.1) is 9.90 Å². The van der Waals surface area contributed by atoms with E-state index in [1.165, 1.54) is 0 Å². The van der Waals surface area contributed by atoms with E-state index < -0.39 is 0 Å². The number of anilines is 2. The number of aromatic nitrogens is 2. The van der Waals surface area contributed by atoms with Gasteiger partial charge in [-0.2, -0.15) is 0 Å². The van der Waals surface area contributed by atoms with Crippen LogP contribution in [0.4, 0.5) is 11.5 Å². The fraction of sp³-hybridized carbons (Fsp3) is 0.0556. The topological polar surface area (TPSA) is 47.8 Å². The molecule has 0 saturated heterocycles. The number of hydrogen-bond donors (Lipinski definition) is 1. The Hall–Kier alpha value is -2.70. The second kappa shape index (κ2) is 5.68.